The second-order valence-electron chi connectivity index (χ2n) is 7.81. The van der Waals surface area contributed by atoms with Gasteiger partial charge in [-0.15, -0.1) is 0 Å². The fourth-order valence-corrected chi connectivity index (χ4v) is 3.58. The molecule has 1 N–H and O–H groups in total. The van der Waals surface area contributed by atoms with E-state index in [1.807, 2.05) is 38.1 Å². The summed E-state index contributed by atoms with van der Waals surface area (Å²) in [6.45, 7) is 5.58. The molecule has 0 bridgehead atoms. The van der Waals surface area contributed by atoms with Crippen molar-refractivity contribution in [1.82, 2.24) is 24.6 Å². The van der Waals surface area contributed by atoms with E-state index >= 15 is 0 Å². The van der Waals surface area contributed by atoms with Gasteiger partial charge in [-0.1, -0.05) is 29.8 Å². The van der Waals surface area contributed by atoms with Crippen LogP contribution in [-0.4, -0.2) is 45.0 Å². The molecule has 4 aromatic rings. The van der Waals surface area contributed by atoms with E-state index in [0.717, 1.165) is 16.9 Å². The lowest BCUT2D eigenvalue weighted by atomic mass is 10.1. The van der Waals surface area contributed by atoms with Crippen LogP contribution in [0.5, 0.6) is 11.5 Å². The van der Waals surface area contributed by atoms with Gasteiger partial charge in [-0.25, -0.2) is 9.67 Å². The van der Waals surface area contributed by atoms with Gasteiger partial charge in [0.15, 0.2) is 12.3 Å². The zero-order valence-electron chi connectivity index (χ0n) is 19.2. The van der Waals surface area contributed by atoms with Crippen molar-refractivity contribution in [3.05, 3.63) is 82.5 Å². The fraction of sp³-hybridized carbons (Fsp3) is 0.280. The van der Waals surface area contributed by atoms with E-state index in [4.69, 9.17) is 9.47 Å². The van der Waals surface area contributed by atoms with E-state index in [1.165, 1.54) is 12.5 Å². The van der Waals surface area contributed by atoms with Gasteiger partial charge in [0.05, 0.1) is 25.9 Å². The molecule has 9 heteroatoms. The Balaban J connectivity index is 1.30. The lowest BCUT2D eigenvalue weighted by Crippen LogP contribution is -2.31. The van der Waals surface area contributed by atoms with Gasteiger partial charge in [0, 0.05) is 6.54 Å². The Labute approximate surface area is 197 Å². The van der Waals surface area contributed by atoms with E-state index < -0.39 is 0 Å². The van der Waals surface area contributed by atoms with Crippen molar-refractivity contribution in [2.24, 2.45) is 0 Å². The molecule has 0 aliphatic rings. The molecule has 0 radical (unpaired) electrons. The minimum atomic E-state index is -0.251. The molecule has 2 aromatic carbocycles. The number of nitrogens with one attached hydrogen (secondary N) is 1. The van der Waals surface area contributed by atoms with Crippen LogP contribution in [0.2, 0.25) is 0 Å². The van der Waals surface area contributed by atoms with E-state index in [2.05, 4.69) is 15.4 Å². The Morgan fingerprint density at radius 3 is 2.59 bits per heavy atom. The number of fused-ring (bicyclic) bond motifs is 1. The van der Waals surface area contributed by atoms with Crippen molar-refractivity contribution < 1.29 is 14.3 Å². The molecule has 1 amide bonds. The van der Waals surface area contributed by atoms with Gasteiger partial charge >= 0.3 is 0 Å². The highest BCUT2D eigenvalue weighted by Crippen LogP contribution is 2.17. The largest absolute Gasteiger partial charge is 0.494 e. The fourth-order valence-electron chi connectivity index (χ4n) is 3.58. The molecular weight excluding hydrogens is 434 g/mol. The summed E-state index contributed by atoms with van der Waals surface area (Å²) in [5.74, 6) is 1.09. The van der Waals surface area contributed by atoms with Crippen LogP contribution in [0, 0.1) is 6.92 Å². The molecule has 0 saturated heterocycles. The summed E-state index contributed by atoms with van der Waals surface area (Å²) >= 11 is 0. The van der Waals surface area contributed by atoms with Gasteiger partial charge in [-0.2, -0.15) is 5.10 Å². The van der Waals surface area contributed by atoms with Crippen LogP contribution in [0.1, 0.15) is 18.1 Å². The Hall–Kier alpha value is -4.14. The Morgan fingerprint density at radius 2 is 1.85 bits per heavy atom. The quantitative estimate of drug-likeness (QED) is 0.390. The lowest BCUT2D eigenvalue weighted by molar-refractivity contribution is -0.123. The van der Waals surface area contributed by atoms with Crippen LogP contribution in [0.25, 0.3) is 11.0 Å². The number of hydrogen-bond acceptors (Lipinski definition) is 6. The van der Waals surface area contributed by atoms with Gasteiger partial charge in [-0.05, 0) is 43.7 Å². The lowest BCUT2D eigenvalue weighted by Gasteiger charge is -2.09. The van der Waals surface area contributed by atoms with Crippen molar-refractivity contribution >= 4 is 16.9 Å². The summed E-state index contributed by atoms with van der Waals surface area (Å²) in [6.07, 6.45) is 3.06. The molecule has 2 heterocycles. The molecule has 0 unspecified atom stereocenters. The summed E-state index contributed by atoms with van der Waals surface area (Å²) in [4.78, 5) is 29.4. The average Bonchev–Trinajstić information content (AvgIpc) is 3.24. The first kappa shape index (κ1) is 23.0. The number of nitrogens with zero attached hydrogens (tertiary/aromatic N) is 4. The third-order valence-electron chi connectivity index (χ3n) is 5.21. The molecule has 4 rings (SSSR count). The van der Waals surface area contributed by atoms with E-state index in [-0.39, 0.29) is 18.1 Å². The van der Waals surface area contributed by atoms with Gasteiger partial charge in [-0.3, -0.25) is 14.2 Å². The molecule has 0 aliphatic carbocycles. The van der Waals surface area contributed by atoms with Crippen molar-refractivity contribution in [2.45, 2.75) is 26.9 Å². The van der Waals surface area contributed by atoms with Crippen molar-refractivity contribution in [3.63, 3.8) is 0 Å². The Bertz CT molecular complexity index is 1330. The molecule has 0 fully saturated rings. The maximum atomic E-state index is 12.9. The zero-order chi connectivity index (χ0) is 23.9. The van der Waals surface area contributed by atoms with Crippen LogP contribution in [0.4, 0.5) is 0 Å². The molecule has 0 atom stereocenters. The standard InChI is InChI=1S/C25H27N5O4/c1-3-33-20-7-9-21(10-8-20)34-16-23(31)26-11-12-30-24-22(14-28-30)25(32)29(17-27-24)15-19-6-4-5-18(2)13-19/h4-10,13-14,17H,3,11-12,15-16H2,1-2H3,(H,26,31). The normalized spacial score (nSPS) is 10.9. The van der Waals surface area contributed by atoms with Crippen molar-refractivity contribution in [3.8, 4) is 11.5 Å². The first-order valence-corrected chi connectivity index (χ1v) is 11.1. The second kappa shape index (κ2) is 10.7. The third-order valence-corrected chi connectivity index (χ3v) is 5.21. The summed E-state index contributed by atoms with van der Waals surface area (Å²) in [5, 5.41) is 7.51. The molecule has 0 spiro atoms. The summed E-state index contributed by atoms with van der Waals surface area (Å²) in [6, 6.07) is 15.1. The second-order valence-corrected chi connectivity index (χ2v) is 7.81. The minimum absolute atomic E-state index is 0.101. The van der Waals surface area contributed by atoms with Gasteiger partial charge in [0.2, 0.25) is 0 Å². The van der Waals surface area contributed by atoms with Crippen LogP contribution in [-0.2, 0) is 17.9 Å². The molecular formula is C25H27N5O4. The summed E-state index contributed by atoms with van der Waals surface area (Å²) in [7, 11) is 0. The van der Waals surface area contributed by atoms with Crippen LogP contribution >= 0.6 is 0 Å². The van der Waals surface area contributed by atoms with E-state index in [1.54, 1.807) is 33.5 Å². The number of benzene rings is 2. The van der Waals surface area contributed by atoms with Crippen molar-refractivity contribution in [2.75, 3.05) is 19.8 Å². The predicted octanol–water partition coefficient (Wildman–Crippen LogP) is 2.54. The molecule has 0 saturated carbocycles. The van der Waals surface area contributed by atoms with Gasteiger partial charge in [0.25, 0.3) is 11.5 Å². The monoisotopic (exact) mass is 461 g/mol. The maximum Gasteiger partial charge on any atom is 0.264 e. The topological polar surface area (TPSA) is 100 Å². The summed E-state index contributed by atoms with van der Waals surface area (Å²) < 4.78 is 14.1. The third kappa shape index (κ3) is 5.61. The highest BCUT2D eigenvalue weighted by atomic mass is 16.5. The SMILES string of the molecule is CCOc1ccc(OCC(=O)NCCn2ncc3c(=O)n(Cc4cccc(C)c4)cnc32)cc1. The number of hydrogen-bond donors (Lipinski definition) is 1. The number of aryl methyl sites for hydroxylation is 1. The number of ether oxygens (including phenoxy) is 2. The van der Waals surface area contributed by atoms with E-state index in [9.17, 15) is 9.59 Å². The summed E-state index contributed by atoms with van der Waals surface area (Å²) in [5.41, 5.74) is 2.51. The van der Waals surface area contributed by atoms with Gasteiger partial charge in [0.1, 0.15) is 23.2 Å². The number of carbonyl (C=O) groups excluding carboxylic acids is 1. The number of amides is 1. The van der Waals surface area contributed by atoms with Crippen LogP contribution in [0.15, 0.2) is 65.8 Å². The first-order chi connectivity index (χ1) is 16.5. The Kier molecular flexibility index (Phi) is 7.22. The van der Waals surface area contributed by atoms with Gasteiger partial charge < -0.3 is 14.8 Å². The number of rotatable bonds is 10. The van der Waals surface area contributed by atoms with Crippen molar-refractivity contribution in [1.29, 1.82) is 0 Å². The smallest absolute Gasteiger partial charge is 0.264 e. The number of carbonyl (C=O) groups is 1. The average molecular weight is 462 g/mol. The Morgan fingerprint density at radius 1 is 1.09 bits per heavy atom. The minimum Gasteiger partial charge on any atom is -0.494 e. The first-order valence-electron chi connectivity index (χ1n) is 11.1. The molecule has 9 nitrogen and oxygen atoms in total. The highest BCUT2D eigenvalue weighted by molar-refractivity contribution is 5.77. The highest BCUT2D eigenvalue weighted by Gasteiger charge is 2.11. The van der Waals surface area contributed by atoms with Crippen LogP contribution < -0.4 is 20.3 Å². The zero-order valence-corrected chi connectivity index (χ0v) is 19.2. The van der Waals surface area contributed by atoms with Crippen LogP contribution in [0.3, 0.4) is 0 Å². The number of aromatic nitrogens is 4. The molecule has 2 aromatic heterocycles. The maximum absolute atomic E-state index is 12.9. The molecule has 34 heavy (non-hydrogen) atoms. The molecule has 176 valence electrons. The predicted molar refractivity (Wildman–Crippen MR) is 128 cm³/mol. The van der Waals surface area contributed by atoms with E-state index in [0.29, 0.717) is 43.0 Å². The molecule has 0 aliphatic heterocycles.